The Morgan fingerprint density at radius 3 is 2.71 bits per heavy atom. The lowest BCUT2D eigenvalue weighted by molar-refractivity contribution is -0.118. The number of benzene rings is 1. The quantitative estimate of drug-likeness (QED) is 0.364. The van der Waals surface area contributed by atoms with Gasteiger partial charge in [-0.3, -0.25) is 24.1 Å². The number of aromatic nitrogens is 2. The first kappa shape index (κ1) is 26.5. The number of carbonyl (C=O) groups excluding carboxylic acids is 1. The molecule has 4 aromatic rings. The molecule has 0 saturated carbocycles. The maximum Gasteiger partial charge on any atom is 0.255 e. The molecule has 3 N–H and O–H groups in total. The number of hydrogen-bond acceptors (Lipinski definition) is 7. The Balaban J connectivity index is 1.27. The number of aryl methyl sites for hydroxylation is 2. The fraction of sp³-hybridized carbons (Fsp3) is 0.375. The fourth-order valence-corrected chi connectivity index (χ4v) is 7.40. The van der Waals surface area contributed by atoms with Crippen molar-refractivity contribution in [3.63, 3.8) is 0 Å². The van der Waals surface area contributed by atoms with Gasteiger partial charge in [0.05, 0.1) is 18.0 Å². The number of pyridine rings is 2. The molecule has 3 aliphatic heterocycles. The van der Waals surface area contributed by atoms with Crippen molar-refractivity contribution >= 4 is 16.8 Å². The number of nitrogens with zero attached hydrogens (tertiary/aromatic N) is 3. The number of rotatable bonds is 6. The van der Waals surface area contributed by atoms with Crippen molar-refractivity contribution in [1.82, 2.24) is 14.0 Å². The molecule has 1 saturated heterocycles. The Morgan fingerprint density at radius 1 is 1.05 bits per heavy atom. The van der Waals surface area contributed by atoms with Gasteiger partial charge >= 0.3 is 0 Å². The Morgan fingerprint density at radius 2 is 1.88 bits per heavy atom. The number of piperidine rings is 1. The summed E-state index contributed by atoms with van der Waals surface area (Å²) < 4.78 is 9.77. The molecule has 1 fully saturated rings. The van der Waals surface area contributed by atoms with Crippen molar-refractivity contribution in [3.05, 3.63) is 108 Å². The number of hydrogen-bond donors (Lipinski definition) is 2. The van der Waals surface area contributed by atoms with Crippen molar-refractivity contribution in [2.75, 3.05) is 13.1 Å². The fourth-order valence-electron chi connectivity index (χ4n) is 7.40. The van der Waals surface area contributed by atoms with Gasteiger partial charge in [0.25, 0.3) is 11.1 Å². The Bertz CT molecular complexity index is 1920. The molecule has 42 heavy (non-hydrogen) atoms. The molecule has 6 heterocycles. The van der Waals surface area contributed by atoms with E-state index >= 15 is 0 Å². The average molecular weight is 569 g/mol. The molecular formula is C32H32N4O6. The normalized spacial score (nSPS) is 20.3. The van der Waals surface area contributed by atoms with Crippen molar-refractivity contribution in [2.24, 2.45) is 11.7 Å². The van der Waals surface area contributed by atoms with Gasteiger partial charge in [-0.15, -0.1) is 0 Å². The smallest absolute Gasteiger partial charge is 0.255 e. The van der Waals surface area contributed by atoms with Crippen LogP contribution in [0.1, 0.15) is 59.4 Å². The maximum absolute atomic E-state index is 13.8. The first-order chi connectivity index (χ1) is 20.3. The van der Waals surface area contributed by atoms with Crippen LogP contribution in [0.2, 0.25) is 0 Å². The number of carbonyl (C=O) groups is 1. The second-order valence-corrected chi connectivity index (χ2v) is 11.9. The zero-order valence-corrected chi connectivity index (χ0v) is 23.1. The van der Waals surface area contributed by atoms with Gasteiger partial charge in [-0.2, -0.15) is 0 Å². The standard InChI is InChI=1S/C32H32N4O6/c33-27(38)13-23(24-11-20-5-1-4-19-6-3-9-35(29(19)20)32(24)41)31-30(40)26(37)12-22(42-31)17-34-14-18-10-21(16-34)25-7-2-8-28(39)36(25)15-18/h1-2,4-5,7-8,11-12,18,21,23,40H,3,6,9-10,13-17H2,(H2,33,38). The zero-order chi connectivity index (χ0) is 29.1. The van der Waals surface area contributed by atoms with Crippen LogP contribution in [-0.2, 0) is 30.8 Å². The van der Waals surface area contributed by atoms with E-state index in [4.69, 9.17) is 10.2 Å². The van der Waals surface area contributed by atoms with Crippen LogP contribution in [0.25, 0.3) is 10.9 Å². The Kier molecular flexibility index (Phi) is 6.38. The Labute approximate surface area is 240 Å². The summed E-state index contributed by atoms with van der Waals surface area (Å²) in [5, 5.41) is 11.8. The summed E-state index contributed by atoms with van der Waals surface area (Å²) in [4.78, 5) is 53.7. The first-order valence-electron chi connectivity index (χ1n) is 14.5. The highest BCUT2D eigenvalue weighted by molar-refractivity contribution is 5.84. The van der Waals surface area contributed by atoms with E-state index in [2.05, 4.69) is 4.90 Å². The lowest BCUT2D eigenvalue weighted by atomic mass is 9.83. The van der Waals surface area contributed by atoms with Crippen molar-refractivity contribution in [2.45, 2.75) is 57.2 Å². The number of primary amides is 1. The van der Waals surface area contributed by atoms with Gasteiger partial charge in [-0.05, 0) is 48.3 Å². The Hall–Kier alpha value is -4.44. The summed E-state index contributed by atoms with van der Waals surface area (Å²) in [6.07, 6.45) is 2.36. The summed E-state index contributed by atoms with van der Waals surface area (Å²) >= 11 is 0. The molecular weight excluding hydrogens is 536 g/mol. The van der Waals surface area contributed by atoms with Crippen LogP contribution >= 0.6 is 0 Å². The highest BCUT2D eigenvalue weighted by atomic mass is 16.4. The third-order valence-electron chi connectivity index (χ3n) is 9.08. The summed E-state index contributed by atoms with van der Waals surface area (Å²) in [5.41, 5.74) is 7.95. The minimum atomic E-state index is -1.03. The number of fused-ring (bicyclic) bond motifs is 4. The van der Waals surface area contributed by atoms with Crippen LogP contribution in [0, 0.1) is 5.92 Å². The van der Waals surface area contributed by atoms with E-state index in [0.29, 0.717) is 31.9 Å². The first-order valence-corrected chi connectivity index (χ1v) is 14.5. The van der Waals surface area contributed by atoms with Crippen molar-refractivity contribution in [1.29, 1.82) is 0 Å². The second-order valence-electron chi connectivity index (χ2n) is 11.9. The lowest BCUT2D eigenvalue weighted by Crippen LogP contribution is -2.46. The summed E-state index contributed by atoms with van der Waals surface area (Å²) in [6.45, 7) is 2.89. The highest BCUT2D eigenvalue weighted by Gasteiger charge is 2.35. The van der Waals surface area contributed by atoms with Crippen LogP contribution in [0.4, 0.5) is 0 Å². The molecule has 10 heteroatoms. The molecule has 3 aromatic heterocycles. The van der Waals surface area contributed by atoms with Gasteiger partial charge in [-0.1, -0.05) is 24.3 Å². The molecule has 7 rings (SSSR count). The molecule has 10 nitrogen and oxygen atoms in total. The van der Waals surface area contributed by atoms with Crippen LogP contribution in [0.15, 0.2) is 67.3 Å². The zero-order valence-electron chi connectivity index (χ0n) is 23.1. The van der Waals surface area contributed by atoms with E-state index in [1.807, 2.05) is 28.8 Å². The summed E-state index contributed by atoms with van der Waals surface area (Å²) in [6, 6.07) is 14.2. The van der Waals surface area contributed by atoms with E-state index in [-0.39, 0.29) is 40.7 Å². The van der Waals surface area contributed by atoms with E-state index in [0.717, 1.165) is 48.0 Å². The van der Waals surface area contributed by atoms with Crippen LogP contribution < -0.4 is 22.3 Å². The highest BCUT2D eigenvalue weighted by Crippen LogP contribution is 2.37. The number of nitrogens with two attached hydrogens (primary N) is 1. The molecule has 0 aliphatic carbocycles. The van der Waals surface area contributed by atoms with E-state index in [1.165, 1.54) is 6.07 Å². The predicted octanol–water partition coefficient (Wildman–Crippen LogP) is 2.39. The molecule has 0 radical (unpaired) electrons. The number of aromatic hydroxyl groups is 1. The minimum absolute atomic E-state index is 0.0141. The van der Waals surface area contributed by atoms with E-state index < -0.39 is 23.0 Å². The summed E-state index contributed by atoms with van der Waals surface area (Å²) in [7, 11) is 0. The topological polar surface area (TPSA) is 141 Å². The minimum Gasteiger partial charge on any atom is -0.502 e. The van der Waals surface area contributed by atoms with Gasteiger partial charge in [-0.25, -0.2) is 0 Å². The van der Waals surface area contributed by atoms with Gasteiger partial charge in [0.2, 0.25) is 17.1 Å². The lowest BCUT2D eigenvalue weighted by Gasteiger charge is -2.42. The molecule has 2 bridgehead atoms. The van der Waals surface area contributed by atoms with Gasteiger partial charge in [0, 0.05) is 61.9 Å². The van der Waals surface area contributed by atoms with Gasteiger partial charge < -0.3 is 24.4 Å². The van der Waals surface area contributed by atoms with Gasteiger partial charge in [0.15, 0.2) is 5.76 Å². The van der Waals surface area contributed by atoms with Crippen LogP contribution in [0.5, 0.6) is 5.75 Å². The van der Waals surface area contributed by atoms with Crippen molar-refractivity contribution < 1.29 is 14.3 Å². The molecule has 1 amide bonds. The largest absolute Gasteiger partial charge is 0.502 e. The van der Waals surface area contributed by atoms with Crippen molar-refractivity contribution in [3.8, 4) is 5.75 Å². The molecule has 1 aromatic carbocycles. The molecule has 3 atom stereocenters. The molecule has 3 aliphatic rings. The van der Waals surface area contributed by atoms with E-state index in [1.54, 1.807) is 22.8 Å². The average Bonchev–Trinajstić information content (AvgIpc) is 2.96. The third-order valence-corrected chi connectivity index (χ3v) is 9.08. The molecule has 3 unspecified atom stereocenters. The molecule has 216 valence electrons. The monoisotopic (exact) mass is 568 g/mol. The van der Waals surface area contributed by atoms with E-state index in [9.17, 15) is 24.3 Å². The second kappa shape index (κ2) is 10.1. The van der Waals surface area contributed by atoms with Gasteiger partial charge in [0.1, 0.15) is 5.76 Å². The van der Waals surface area contributed by atoms with Crippen LogP contribution in [-0.4, -0.2) is 38.1 Å². The summed E-state index contributed by atoms with van der Waals surface area (Å²) in [5.74, 6) is -1.67. The number of amides is 1. The van der Waals surface area contributed by atoms with Crippen LogP contribution in [0.3, 0.4) is 0 Å². The SMILES string of the molecule is NC(=O)CC(c1oc(CN2CC3CC(C2)c2cccc(=O)n2C3)cc(=O)c1O)c1cc2cccc3c2n(c1=O)CCC3. The predicted molar refractivity (Wildman–Crippen MR) is 156 cm³/mol. The third kappa shape index (κ3) is 4.46. The maximum atomic E-state index is 13.8. The number of likely N-dealkylation sites (tertiary alicyclic amines) is 1. The molecule has 0 spiro atoms. The number of para-hydroxylation sites is 1.